The second-order valence-electron chi connectivity index (χ2n) is 5.34. The second-order valence-corrected chi connectivity index (χ2v) is 5.34. The summed E-state index contributed by atoms with van der Waals surface area (Å²) >= 11 is 0. The van der Waals surface area contributed by atoms with Gasteiger partial charge in [-0.25, -0.2) is 0 Å². The molecule has 0 saturated heterocycles. The third-order valence-electron chi connectivity index (χ3n) is 3.89. The largest absolute Gasteiger partial charge is 0.330 e. The van der Waals surface area contributed by atoms with Gasteiger partial charge in [0.1, 0.15) is 0 Å². The number of nitrogens with two attached hydrogens (primary N) is 1. The normalized spacial score (nSPS) is 12.3. The molecule has 4 heteroatoms. The highest BCUT2D eigenvalue weighted by Crippen LogP contribution is 2.22. The average molecular weight is 285 g/mol. The van der Waals surface area contributed by atoms with Gasteiger partial charge in [-0.2, -0.15) is 0 Å². The van der Waals surface area contributed by atoms with Gasteiger partial charge in [0.15, 0.2) is 0 Å². The molecule has 0 spiro atoms. The lowest BCUT2D eigenvalue weighted by Gasteiger charge is -2.13. The van der Waals surface area contributed by atoms with Crippen molar-refractivity contribution in [2.24, 2.45) is 11.7 Å². The summed E-state index contributed by atoms with van der Waals surface area (Å²) in [5.41, 5.74) is 6.42. The van der Waals surface area contributed by atoms with E-state index < -0.39 is 0 Å². The molecule has 1 amide bonds. The minimum atomic E-state index is 0.0572. The molecule has 1 aromatic carbocycles. The Morgan fingerprint density at radius 1 is 1.33 bits per heavy atom. The summed E-state index contributed by atoms with van der Waals surface area (Å²) in [4.78, 5) is 16.2. The Hall–Kier alpha value is -1.94. The lowest BCUT2D eigenvalue weighted by atomic mass is 9.96. The zero-order valence-corrected chi connectivity index (χ0v) is 12.5. The predicted octanol–water partition coefficient (Wildman–Crippen LogP) is 3.33. The van der Waals surface area contributed by atoms with E-state index in [2.05, 4.69) is 17.2 Å². The van der Waals surface area contributed by atoms with Crippen molar-refractivity contribution in [1.29, 1.82) is 0 Å². The second kappa shape index (κ2) is 7.74. The van der Waals surface area contributed by atoms with Crippen LogP contribution in [0, 0.1) is 5.92 Å². The minimum Gasteiger partial charge on any atom is -0.330 e. The van der Waals surface area contributed by atoms with Crippen molar-refractivity contribution in [2.45, 2.75) is 32.6 Å². The van der Waals surface area contributed by atoms with Crippen molar-refractivity contribution in [3.8, 4) is 0 Å². The van der Waals surface area contributed by atoms with Crippen molar-refractivity contribution < 1.29 is 4.79 Å². The zero-order chi connectivity index (χ0) is 15.1. The minimum absolute atomic E-state index is 0.0572. The van der Waals surface area contributed by atoms with Crippen LogP contribution in [-0.2, 0) is 4.79 Å². The van der Waals surface area contributed by atoms with Gasteiger partial charge in [0.2, 0.25) is 5.91 Å². The maximum Gasteiger partial charge on any atom is 0.224 e. The van der Waals surface area contributed by atoms with Crippen LogP contribution in [0.4, 0.5) is 5.69 Å². The number of nitrogens with one attached hydrogen (secondary N) is 1. The van der Waals surface area contributed by atoms with Crippen LogP contribution in [0.1, 0.15) is 32.6 Å². The fourth-order valence-electron chi connectivity index (χ4n) is 2.56. The number of aromatic nitrogens is 1. The van der Waals surface area contributed by atoms with Crippen molar-refractivity contribution in [3.63, 3.8) is 0 Å². The Labute approximate surface area is 125 Å². The lowest BCUT2D eigenvalue weighted by molar-refractivity contribution is -0.116. The number of benzene rings is 1. The quantitative estimate of drug-likeness (QED) is 0.820. The van der Waals surface area contributed by atoms with Crippen LogP contribution in [0.25, 0.3) is 10.8 Å². The van der Waals surface area contributed by atoms with Crippen LogP contribution in [0.15, 0.2) is 36.7 Å². The molecule has 1 unspecified atom stereocenters. The number of carbonyl (C=O) groups is 1. The number of anilines is 1. The number of fused-ring (bicyclic) bond motifs is 1. The third-order valence-corrected chi connectivity index (χ3v) is 3.89. The van der Waals surface area contributed by atoms with Crippen LogP contribution in [0.5, 0.6) is 0 Å². The number of rotatable bonds is 7. The van der Waals surface area contributed by atoms with E-state index in [-0.39, 0.29) is 5.91 Å². The Balaban J connectivity index is 1.98. The number of pyridine rings is 1. The Morgan fingerprint density at radius 3 is 2.95 bits per heavy atom. The van der Waals surface area contributed by atoms with E-state index >= 15 is 0 Å². The fourth-order valence-corrected chi connectivity index (χ4v) is 2.56. The van der Waals surface area contributed by atoms with Gasteiger partial charge < -0.3 is 11.1 Å². The van der Waals surface area contributed by atoms with E-state index in [9.17, 15) is 4.79 Å². The van der Waals surface area contributed by atoms with E-state index in [1.807, 2.05) is 24.3 Å². The highest BCUT2D eigenvalue weighted by atomic mass is 16.1. The first-order valence-electron chi connectivity index (χ1n) is 7.57. The Bertz CT molecular complexity index is 592. The van der Waals surface area contributed by atoms with Crippen molar-refractivity contribution >= 4 is 22.4 Å². The SMILES string of the molecule is CCC(CCN)CCC(=O)Nc1cccc2ccncc12. The maximum atomic E-state index is 12.1. The Morgan fingerprint density at radius 2 is 2.19 bits per heavy atom. The van der Waals surface area contributed by atoms with Crippen LogP contribution in [0.2, 0.25) is 0 Å². The van der Waals surface area contributed by atoms with Crippen LogP contribution < -0.4 is 11.1 Å². The fraction of sp³-hybridized carbons (Fsp3) is 0.412. The highest BCUT2D eigenvalue weighted by Gasteiger charge is 2.10. The van der Waals surface area contributed by atoms with Crippen LogP contribution in [0.3, 0.4) is 0 Å². The average Bonchev–Trinajstić information content (AvgIpc) is 2.52. The number of hydrogen-bond acceptors (Lipinski definition) is 3. The molecule has 0 radical (unpaired) electrons. The van der Waals surface area contributed by atoms with E-state index in [4.69, 9.17) is 5.73 Å². The number of carbonyl (C=O) groups excluding carboxylic acids is 1. The summed E-state index contributed by atoms with van der Waals surface area (Å²) in [6.45, 7) is 2.84. The lowest BCUT2D eigenvalue weighted by Crippen LogP contribution is -2.15. The van der Waals surface area contributed by atoms with Crippen molar-refractivity contribution in [3.05, 3.63) is 36.7 Å². The first-order valence-corrected chi connectivity index (χ1v) is 7.57. The first kappa shape index (κ1) is 15.4. The Kier molecular flexibility index (Phi) is 5.69. The van der Waals surface area contributed by atoms with Gasteiger partial charge in [0.05, 0.1) is 5.69 Å². The predicted molar refractivity (Wildman–Crippen MR) is 87.1 cm³/mol. The van der Waals surface area contributed by atoms with E-state index in [1.54, 1.807) is 12.4 Å². The van der Waals surface area contributed by atoms with Gasteiger partial charge in [-0.15, -0.1) is 0 Å². The molecule has 112 valence electrons. The molecule has 0 aliphatic carbocycles. The zero-order valence-electron chi connectivity index (χ0n) is 12.5. The van der Waals surface area contributed by atoms with Gasteiger partial charge in [-0.05, 0) is 42.8 Å². The van der Waals surface area contributed by atoms with E-state index in [0.717, 1.165) is 35.7 Å². The van der Waals surface area contributed by atoms with Gasteiger partial charge in [0, 0.05) is 24.2 Å². The molecule has 1 atom stereocenters. The monoisotopic (exact) mass is 285 g/mol. The summed E-state index contributed by atoms with van der Waals surface area (Å²) in [5.74, 6) is 0.594. The summed E-state index contributed by atoms with van der Waals surface area (Å²) in [5, 5.41) is 5.05. The van der Waals surface area contributed by atoms with Gasteiger partial charge in [0.25, 0.3) is 0 Å². The smallest absolute Gasteiger partial charge is 0.224 e. The van der Waals surface area contributed by atoms with Crippen molar-refractivity contribution in [2.75, 3.05) is 11.9 Å². The van der Waals surface area contributed by atoms with Crippen LogP contribution >= 0.6 is 0 Å². The van der Waals surface area contributed by atoms with Crippen molar-refractivity contribution in [1.82, 2.24) is 4.98 Å². The van der Waals surface area contributed by atoms with Gasteiger partial charge >= 0.3 is 0 Å². The summed E-state index contributed by atoms with van der Waals surface area (Å²) < 4.78 is 0. The molecule has 2 rings (SSSR count). The van der Waals surface area contributed by atoms with Gasteiger partial charge in [-0.1, -0.05) is 25.5 Å². The molecule has 0 bridgehead atoms. The number of hydrogen-bond donors (Lipinski definition) is 2. The molecule has 0 aliphatic rings. The topological polar surface area (TPSA) is 68.0 Å². The molecule has 1 aromatic heterocycles. The third kappa shape index (κ3) is 4.26. The molecular formula is C17H23N3O. The van der Waals surface area contributed by atoms with E-state index in [0.29, 0.717) is 18.9 Å². The summed E-state index contributed by atoms with van der Waals surface area (Å²) in [7, 11) is 0. The highest BCUT2D eigenvalue weighted by molar-refractivity contribution is 6.01. The molecular weight excluding hydrogens is 262 g/mol. The number of amides is 1. The molecule has 21 heavy (non-hydrogen) atoms. The molecule has 0 saturated carbocycles. The standard InChI is InChI=1S/C17H23N3O/c1-2-13(8-10-18)6-7-17(21)20-16-5-3-4-14-9-11-19-12-15(14)16/h3-5,9,11-13H,2,6-8,10,18H2,1H3,(H,20,21). The first-order chi connectivity index (χ1) is 10.2. The molecule has 3 N–H and O–H groups in total. The summed E-state index contributed by atoms with van der Waals surface area (Å²) in [6.07, 6.45) is 7.03. The molecule has 4 nitrogen and oxygen atoms in total. The van der Waals surface area contributed by atoms with Crippen LogP contribution in [-0.4, -0.2) is 17.4 Å². The number of nitrogens with zero attached hydrogens (tertiary/aromatic N) is 1. The maximum absolute atomic E-state index is 12.1. The van der Waals surface area contributed by atoms with Gasteiger partial charge in [-0.3, -0.25) is 9.78 Å². The molecule has 0 fully saturated rings. The molecule has 1 heterocycles. The van der Waals surface area contributed by atoms with E-state index in [1.165, 1.54) is 0 Å². The molecule has 2 aromatic rings. The molecule has 0 aliphatic heterocycles. The summed E-state index contributed by atoms with van der Waals surface area (Å²) in [6, 6.07) is 7.82.